The number of hydrogen-bond acceptors (Lipinski definition) is 8. The number of non-ortho nitro benzene ring substituents is 1. The Morgan fingerprint density at radius 2 is 1.67 bits per heavy atom. The van der Waals surface area contributed by atoms with Crippen molar-refractivity contribution in [1.29, 1.82) is 0 Å². The lowest BCUT2D eigenvalue weighted by Crippen LogP contribution is -2.37. The number of hydrogen-bond donors (Lipinski definition) is 1. The first-order chi connectivity index (χ1) is 11.3. The molecule has 11 heteroatoms. The fourth-order valence-corrected chi connectivity index (χ4v) is 2.66. The van der Waals surface area contributed by atoms with Crippen molar-refractivity contribution in [2.75, 3.05) is 7.11 Å². The lowest BCUT2D eigenvalue weighted by atomic mass is 9.92. The summed E-state index contributed by atoms with van der Waals surface area (Å²) in [6.45, 7) is 0. The van der Waals surface area contributed by atoms with Crippen LogP contribution in [0, 0.1) is 20.2 Å². The Balaban J connectivity index is 2.65. The number of ether oxygens (including phenoxy) is 1. The largest absolute Gasteiger partial charge is 0.490 e. The maximum atomic E-state index is 12.1. The van der Waals surface area contributed by atoms with E-state index in [0.29, 0.717) is 0 Å². The Morgan fingerprint density at radius 1 is 1.04 bits per heavy atom. The average Bonchev–Trinajstić information content (AvgIpc) is 2.55. The number of nitro groups is 2. The molecule has 0 fully saturated rings. The normalized spacial score (nSPS) is 13.3. The minimum Gasteiger partial charge on any atom is -0.490 e. The summed E-state index contributed by atoms with van der Waals surface area (Å²) in [6, 6.07) is 2.89. The number of hydroxylamine groups is 2. The lowest BCUT2D eigenvalue weighted by Gasteiger charge is -2.22. The summed E-state index contributed by atoms with van der Waals surface area (Å²) in [4.78, 5) is 45.0. The van der Waals surface area contributed by atoms with Gasteiger partial charge in [0, 0.05) is 17.5 Å². The van der Waals surface area contributed by atoms with Gasteiger partial charge in [-0.3, -0.25) is 35.0 Å². The third kappa shape index (κ3) is 1.82. The summed E-state index contributed by atoms with van der Waals surface area (Å²) < 4.78 is 4.86. The van der Waals surface area contributed by atoms with Crippen molar-refractivity contribution in [3.63, 3.8) is 0 Å². The van der Waals surface area contributed by atoms with E-state index in [1.54, 1.807) is 0 Å². The number of imide groups is 1. The minimum absolute atomic E-state index is 0.159. The molecule has 2 aromatic carbocycles. The zero-order valence-electron chi connectivity index (χ0n) is 11.9. The Bertz CT molecular complexity index is 968. The van der Waals surface area contributed by atoms with Gasteiger partial charge in [0.2, 0.25) is 0 Å². The van der Waals surface area contributed by atoms with E-state index in [0.717, 1.165) is 25.3 Å². The van der Waals surface area contributed by atoms with Crippen LogP contribution in [-0.2, 0) is 0 Å². The molecule has 0 radical (unpaired) electrons. The average molecular weight is 333 g/mol. The topological polar surface area (TPSA) is 153 Å². The SMILES string of the molecule is COc1cc2c3c(ccc([N+](=O)[O-])c3c1[N+](=O)[O-])C(=O)N(O)C2=O. The summed E-state index contributed by atoms with van der Waals surface area (Å²) in [5, 5.41) is 31.3. The van der Waals surface area contributed by atoms with Crippen LogP contribution in [0.3, 0.4) is 0 Å². The molecule has 1 aliphatic rings. The lowest BCUT2D eigenvalue weighted by molar-refractivity contribution is -0.390. The smallest absolute Gasteiger partial charge is 0.325 e. The minimum atomic E-state index is -1.16. The van der Waals surface area contributed by atoms with Gasteiger partial charge in [-0.2, -0.15) is 0 Å². The van der Waals surface area contributed by atoms with Gasteiger partial charge in [-0.05, 0) is 6.07 Å². The van der Waals surface area contributed by atoms with Gasteiger partial charge in [-0.25, -0.2) is 0 Å². The number of benzene rings is 2. The Labute approximate surface area is 131 Å². The molecule has 1 heterocycles. The van der Waals surface area contributed by atoms with Gasteiger partial charge in [-0.15, -0.1) is 5.06 Å². The van der Waals surface area contributed by atoms with Crippen LogP contribution in [0.2, 0.25) is 0 Å². The molecule has 11 nitrogen and oxygen atoms in total. The van der Waals surface area contributed by atoms with Crippen LogP contribution in [0.25, 0.3) is 10.8 Å². The highest BCUT2D eigenvalue weighted by molar-refractivity contribution is 6.27. The van der Waals surface area contributed by atoms with Crippen molar-refractivity contribution in [3.05, 3.63) is 49.6 Å². The van der Waals surface area contributed by atoms with Crippen molar-refractivity contribution in [3.8, 4) is 5.75 Å². The van der Waals surface area contributed by atoms with Gasteiger partial charge in [0.25, 0.3) is 17.5 Å². The molecule has 0 unspecified atom stereocenters. The molecule has 0 bridgehead atoms. The zero-order chi connectivity index (χ0) is 17.8. The van der Waals surface area contributed by atoms with Crippen LogP contribution in [0.4, 0.5) is 11.4 Å². The van der Waals surface area contributed by atoms with Crippen molar-refractivity contribution in [1.82, 2.24) is 5.06 Å². The molecular weight excluding hydrogens is 326 g/mol. The van der Waals surface area contributed by atoms with Crippen LogP contribution in [0.15, 0.2) is 18.2 Å². The fraction of sp³-hybridized carbons (Fsp3) is 0.0769. The molecule has 0 saturated heterocycles. The first kappa shape index (κ1) is 15.3. The van der Waals surface area contributed by atoms with Crippen molar-refractivity contribution >= 4 is 34.0 Å². The van der Waals surface area contributed by atoms with Crippen LogP contribution >= 0.6 is 0 Å². The molecule has 2 aromatic rings. The van der Waals surface area contributed by atoms with Crippen molar-refractivity contribution in [2.45, 2.75) is 0 Å². The van der Waals surface area contributed by atoms with Gasteiger partial charge in [0.05, 0.1) is 28.1 Å². The monoisotopic (exact) mass is 333 g/mol. The van der Waals surface area contributed by atoms with E-state index >= 15 is 0 Å². The van der Waals surface area contributed by atoms with Gasteiger partial charge in [0.1, 0.15) is 5.39 Å². The second-order valence-corrected chi connectivity index (χ2v) is 4.79. The van der Waals surface area contributed by atoms with E-state index < -0.39 is 44.2 Å². The summed E-state index contributed by atoms with van der Waals surface area (Å²) >= 11 is 0. The molecular formula is C13H7N3O8. The number of amides is 2. The molecule has 0 spiro atoms. The molecule has 0 aromatic heterocycles. The van der Waals surface area contributed by atoms with Crippen LogP contribution in [0.1, 0.15) is 20.7 Å². The van der Waals surface area contributed by atoms with Crippen molar-refractivity contribution in [2.24, 2.45) is 0 Å². The predicted molar refractivity (Wildman–Crippen MR) is 76.1 cm³/mol. The number of carbonyl (C=O) groups is 2. The van der Waals surface area contributed by atoms with Gasteiger partial charge in [-0.1, -0.05) is 0 Å². The molecule has 0 atom stereocenters. The van der Waals surface area contributed by atoms with Gasteiger partial charge < -0.3 is 4.74 Å². The highest BCUT2D eigenvalue weighted by Gasteiger charge is 2.39. The molecule has 2 amide bonds. The van der Waals surface area contributed by atoms with Crippen molar-refractivity contribution < 1.29 is 29.4 Å². The highest BCUT2D eigenvalue weighted by Crippen LogP contribution is 2.45. The van der Waals surface area contributed by atoms with E-state index in [9.17, 15) is 35.0 Å². The third-order valence-corrected chi connectivity index (χ3v) is 3.64. The summed E-state index contributed by atoms with van der Waals surface area (Å²) in [5.41, 5.74) is -1.98. The molecule has 24 heavy (non-hydrogen) atoms. The molecule has 0 saturated carbocycles. The fourth-order valence-electron chi connectivity index (χ4n) is 2.66. The molecule has 1 aliphatic heterocycles. The standard InChI is InChI=1S/C13H7N3O8/c1-24-8-4-6-9-5(12(17)14(19)13(6)18)2-3-7(15(20)21)10(9)11(8)16(22)23/h2-4,19H,1H3. The Kier molecular flexibility index (Phi) is 3.16. The summed E-state index contributed by atoms with van der Waals surface area (Å²) in [7, 11) is 1.09. The number of nitro benzene ring substituents is 2. The van der Waals surface area contributed by atoms with Crippen LogP contribution < -0.4 is 4.74 Å². The first-order valence-corrected chi connectivity index (χ1v) is 6.33. The number of rotatable bonds is 3. The summed E-state index contributed by atoms with van der Waals surface area (Å²) in [5.74, 6) is -2.70. The van der Waals surface area contributed by atoms with E-state index in [2.05, 4.69) is 0 Å². The number of carbonyl (C=O) groups excluding carboxylic acids is 2. The van der Waals surface area contributed by atoms with E-state index in [-0.39, 0.29) is 21.6 Å². The van der Waals surface area contributed by atoms with E-state index in [4.69, 9.17) is 4.74 Å². The second kappa shape index (κ2) is 4.96. The quantitative estimate of drug-likeness (QED) is 0.385. The maximum Gasteiger partial charge on any atom is 0.325 e. The van der Waals surface area contributed by atoms with Gasteiger partial charge >= 0.3 is 5.69 Å². The second-order valence-electron chi connectivity index (χ2n) is 4.79. The maximum absolute atomic E-state index is 12.1. The summed E-state index contributed by atoms with van der Waals surface area (Å²) in [6.07, 6.45) is 0. The Morgan fingerprint density at radius 3 is 2.21 bits per heavy atom. The predicted octanol–water partition coefficient (Wildman–Crippen LogP) is 1.65. The van der Waals surface area contributed by atoms with Gasteiger partial charge in [0.15, 0.2) is 5.75 Å². The zero-order valence-corrected chi connectivity index (χ0v) is 11.9. The van der Waals surface area contributed by atoms with E-state index in [1.165, 1.54) is 0 Å². The molecule has 122 valence electrons. The number of methoxy groups -OCH3 is 1. The first-order valence-electron chi connectivity index (χ1n) is 6.33. The van der Waals surface area contributed by atoms with E-state index in [1.807, 2.05) is 0 Å². The van der Waals surface area contributed by atoms with Crippen LogP contribution in [0.5, 0.6) is 5.75 Å². The number of nitrogens with zero attached hydrogens (tertiary/aromatic N) is 3. The third-order valence-electron chi connectivity index (χ3n) is 3.64. The molecule has 1 N–H and O–H groups in total. The Hall–Kier alpha value is -3.60. The highest BCUT2D eigenvalue weighted by atomic mass is 16.6. The molecule has 0 aliphatic carbocycles. The van der Waals surface area contributed by atoms with Crippen LogP contribution in [-0.4, -0.2) is 39.0 Å². The molecule has 3 rings (SSSR count).